The van der Waals surface area contributed by atoms with Crippen LogP contribution in [-0.2, 0) is 17.8 Å². The quantitative estimate of drug-likeness (QED) is 0.893. The van der Waals surface area contributed by atoms with Crippen molar-refractivity contribution in [1.82, 2.24) is 15.0 Å². The van der Waals surface area contributed by atoms with Gasteiger partial charge in [0.15, 0.2) is 6.33 Å². The monoisotopic (exact) mass is 259 g/mol. The number of rotatable bonds is 3. The molecule has 98 valence electrons. The van der Waals surface area contributed by atoms with Crippen LogP contribution in [0.4, 0.5) is 0 Å². The van der Waals surface area contributed by atoms with E-state index in [0.717, 1.165) is 17.5 Å². The number of hydrogen-bond donors (Lipinski definition) is 1. The summed E-state index contributed by atoms with van der Waals surface area (Å²) in [6.07, 6.45) is 2.15. The van der Waals surface area contributed by atoms with E-state index < -0.39 is 12.0 Å². The van der Waals surface area contributed by atoms with E-state index >= 15 is 0 Å². The molecule has 0 amide bonds. The van der Waals surface area contributed by atoms with Gasteiger partial charge in [-0.3, -0.25) is 9.69 Å². The highest BCUT2D eigenvalue weighted by Gasteiger charge is 2.33. The molecule has 0 fully saturated rings. The van der Waals surface area contributed by atoms with E-state index in [1.54, 1.807) is 0 Å². The standard InChI is InChI=1S/C13H13N3O3/c17-13(18)12-10-4-2-1-3-9(10)5-6-16(12)7-11-14-8-15-19-11/h1-4,8,12H,5-7H2,(H,17,18). The molecule has 0 aliphatic carbocycles. The summed E-state index contributed by atoms with van der Waals surface area (Å²) in [5.74, 6) is -0.419. The highest BCUT2D eigenvalue weighted by Crippen LogP contribution is 2.30. The van der Waals surface area contributed by atoms with E-state index in [4.69, 9.17) is 4.52 Å². The number of aliphatic carboxylic acids is 1. The Morgan fingerprint density at radius 2 is 2.32 bits per heavy atom. The Morgan fingerprint density at radius 1 is 1.47 bits per heavy atom. The van der Waals surface area contributed by atoms with Crippen molar-refractivity contribution >= 4 is 5.97 Å². The van der Waals surface area contributed by atoms with Gasteiger partial charge in [0.1, 0.15) is 6.04 Å². The van der Waals surface area contributed by atoms with Gasteiger partial charge in [0, 0.05) is 6.54 Å². The summed E-state index contributed by atoms with van der Waals surface area (Å²) in [6, 6.07) is 7.00. The number of fused-ring (bicyclic) bond motifs is 1. The SMILES string of the molecule is O=C(O)C1c2ccccc2CCN1Cc1ncno1. The van der Waals surface area contributed by atoms with Crippen molar-refractivity contribution < 1.29 is 14.4 Å². The smallest absolute Gasteiger partial charge is 0.325 e. The maximum absolute atomic E-state index is 11.5. The number of hydrogen-bond acceptors (Lipinski definition) is 5. The molecular formula is C13H13N3O3. The summed E-state index contributed by atoms with van der Waals surface area (Å²) >= 11 is 0. The zero-order valence-corrected chi connectivity index (χ0v) is 10.2. The molecule has 0 bridgehead atoms. The van der Waals surface area contributed by atoms with Crippen molar-refractivity contribution in [3.05, 3.63) is 47.6 Å². The highest BCUT2D eigenvalue weighted by atomic mass is 16.5. The molecule has 6 heteroatoms. The van der Waals surface area contributed by atoms with Crippen molar-refractivity contribution in [2.45, 2.75) is 19.0 Å². The molecule has 19 heavy (non-hydrogen) atoms. The summed E-state index contributed by atoms with van der Waals surface area (Å²) in [7, 11) is 0. The number of aromatic nitrogens is 2. The van der Waals surface area contributed by atoms with Gasteiger partial charge in [0.2, 0.25) is 5.89 Å². The Labute approximate surface area is 109 Å². The van der Waals surface area contributed by atoms with E-state index in [9.17, 15) is 9.90 Å². The first-order valence-corrected chi connectivity index (χ1v) is 6.06. The van der Waals surface area contributed by atoms with Crippen LogP contribution in [0.3, 0.4) is 0 Å². The maximum atomic E-state index is 11.5. The molecule has 0 saturated carbocycles. The van der Waals surface area contributed by atoms with Gasteiger partial charge in [-0.1, -0.05) is 29.4 Å². The maximum Gasteiger partial charge on any atom is 0.325 e. The van der Waals surface area contributed by atoms with E-state index in [-0.39, 0.29) is 0 Å². The van der Waals surface area contributed by atoms with Crippen molar-refractivity contribution in [3.63, 3.8) is 0 Å². The topological polar surface area (TPSA) is 79.5 Å². The van der Waals surface area contributed by atoms with Crippen molar-refractivity contribution in [2.24, 2.45) is 0 Å². The number of carbonyl (C=O) groups is 1. The molecule has 1 aliphatic rings. The van der Waals surface area contributed by atoms with E-state index in [1.807, 2.05) is 29.2 Å². The molecular weight excluding hydrogens is 246 g/mol. The van der Waals surface area contributed by atoms with E-state index in [1.165, 1.54) is 6.33 Å². The van der Waals surface area contributed by atoms with Crippen LogP contribution < -0.4 is 0 Å². The molecule has 1 aliphatic heterocycles. The minimum atomic E-state index is -0.855. The molecule has 0 spiro atoms. The zero-order chi connectivity index (χ0) is 13.2. The second-order valence-corrected chi connectivity index (χ2v) is 4.50. The molecule has 2 aromatic rings. The van der Waals surface area contributed by atoms with Crippen LogP contribution in [0.15, 0.2) is 35.1 Å². The van der Waals surface area contributed by atoms with Crippen molar-refractivity contribution in [3.8, 4) is 0 Å². The van der Waals surface area contributed by atoms with E-state index in [2.05, 4.69) is 10.1 Å². The number of nitrogens with zero attached hydrogens (tertiary/aromatic N) is 3. The molecule has 2 heterocycles. The second-order valence-electron chi connectivity index (χ2n) is 4.50. The van der Waals surface area contributed by atoms with E-state index in [0.29, 0.717) is 19.0 Å². The van der Waals surface area contributed by atoms with Gasteiger partial charge < -0.3 is 9.63 Å². The third-order valence-corrected chi connectivity index (χ3v) is 3.36. The first-order chi connectivity index (χ1) is 9.25. The Balaban J connectivity index is 1.92. The molecule has 6 nitrogen and oxygen atoms in total. The van der Waals surface area contributed by atoms with Crippen LogP contribution in [-0.4, -0.2) is 32.7 Å². The summed E-state index contributed by atoms with van der Waals surface area (Å²) in [5, 5.41) is 13.0. The van der Waals surface area contributed by atoms with Gasteiger partial charge in [-0.15, -0.1) is 0 Å². The van der Waals surface area contributed by atoms with Gasteiger partial charge in [0.05, 0.1) is 6.54 Å². The zero-order valence-electron chi connectivity index (χ0n) is 10.2. The lowest BCUT2D eigenvalue weighted by atomic mass is 9.92. The fourth-order valence-corrected chi connectivity index (χ4v) is 2.52. The molecule has 1 unspecified atom stereocenters. The van der Waals surface area contributed by atoms with Gasteiger partial charge in [-0.2, -0.15) is 4.98 Å². The Bertz CT molecular complexity index is 583. The fourth-order valence-electron chi connectivity index (χ4n) is 2.52. The number of carboxylic acids is 1. The predicted octanol–water partition coefficient (Wildman–Crippen LogP) is 1.25. The molecule has 0 radical (unpaired) electrons. The second kappa shape index (κ2) is 4.81. The molecule has 0 saturated heterocycles. The van der Waals surface area contributed by atoms with Crippen LogP contribution in [0, 0.1) is 0 Å². The van der Waals surface area contributed by atoms with Gasteiger partial charge in [-0.05, 0) is 17.5 Å². The first-order valence-electron chi connectivity index (χ1n) is 6.06. The first kappa shape index (κ1) is 11.9. The third kappa shape index (κ3) is 2.22. The van der Waals surface area contributed by atoms with Crippen molar-refractivity contribution in [1.29, 1.82) is 0 Å². The third-order valence-electron chi connectivity index (χ3n) is 3.36. The summed E-state index contributed by atoms with van der Waals surface area (Å²) in [6.45, 7) is 1.02. The average molecular weight is 259 g/mol. The van der Waals surface area contributed by atoms with Crippen LogP contribution >= 0.6 is 0 Å². The Morgan fingerprint density at radius 3 is 3.05 bits per heavy atom. The Hall–Kier alpha value is -2.21. The van der Waals surface area contributed by atoms with Gasteiger partial charge in [0.25, 0.3) is 0 Å². The van der Waals surface area contributed by atoms with Gasteiger partial charge >= 0.3 is 5.97 Å². The van der Waals surface area contributed by atoms with Gasteiger partial charge in [-0.25, -0.2) is 0 Å². The largest absolute Gasteiger partial charge is 0.480 e. The lowest BCUT2D eigenvalue weighted by Gasteiger charge is -2.33. The summed E-state index contributed by atoms with van der Waals surface area (Å²) in [5.41, 5.74) is 1.94. The normalized spacial score (nSPS) is 19.1. The average Bonchev–Trinajstić information content (AvgIpc) is 2.91. The molecule has 1 aromatic heterocycles. The lowest BCUT2D eigenvalue weighted by molar-refractivity contribution is -0.144. The fraction of sp³-hybridized carbons (Fsp3) is 0.308. The Kier molecular flexibility index (Phi) is 3.00. The molecule has 1 N–H and O–H groups in total. The lowest BCUT2D eigenvalue weighted by Crippen LogP contribution is -2.39. The molecule has 1 atom stereocenters. The summed E-state index contributed by atoms with van der Waals surface area (Å²) in [4.78, 5) is 17.3. The number of benzene rings is 1. The van der Waals surface area contributed by atoms with Crippen LogP contribution in [0.1, 0.15) is 23.1 Å². The van der Waals surface area contributed by atoms with Crippen LogP contribution in [0.2, 0.25) is 0 Å². The van der Waals surface area contributed by atoms with Crippen molar-refractivity contribution in [2.75, 3.05) is 6.54 Å². The van der Waals surface area contributed by atoms with Crippen LogP contribution in [0.25, 0.3) is 0 Å². The minimum absolute atomic E-state index is 0.352. The highest BCUT2D eigenvalue weighted by molar-refractivity contribution is 5.76. The predicted molar refractivity (Wildman–Crippen MR) is 65.2 cm³/mol. The summed E-state index contributed by atoms with van der Waals surface area (Å²) < 4.78 is 4.96. The molecule has 1 aromatic carbocycles. The van der Waals surface area contributed by atoms with Crippen LogP contribution in [0.5, 0.6) is 0 Å². The minimum Gasteiger partial charge on any atom is -0.480 e. The number of carboxylic acid groups (broad SMARTS) is 1. The molecule has 3 rings (SSSR count).